The quantitative estimate of drug-likeness (QED) is 0.361. The maximum Gasteiger partial charge on any atom is 0.0333 e. The predicted molar refractivity (Wildman–Crippen MR) is 33.1 cm³/mol. The fourth-order valence-corrected chi connectivity index (χ4v) is 0.319. The number of hydrogen-bond donors (Lipinski definition) is 0. The van der Waals surface area contributed by atoms with Gasteiger partial charge in [0.1, 0.15) is 0 Å². The highest BCUT2D eigenvalue weighted by molar-refractivity contribution is 6.17. The zero-order valence-corrected chi connectivity index (χ0v) is 4.96. The van der Waals surface area contributed by atoms with Crippen molar-refractivity contribution in [3.05, 3.63) is 6.92 Å². The number of rotatable bonds is 1. The predicted octanol–water partition coefficient (Wildman–Crippen LogP) is 1.84. The van der Waals surface area contributed by atoms with E-state index < -0.39 is 0 Å². The lowest BCUT2D eigenvalue weighted by Crippen LogP contribution is -1.65. The molecule has 0 nitrogen and oxygen atoms in total. The molecule has 0 N–H and O–H groups in total. The Morgan fingerprint density at radius 2 is 2.14 bits per heavy atom. The van der Waals surface area contributed by atoms with E-state index in [4.69, 9.17) is 11.6 Å². The van der Waals surface area contributed by atoms with Gasteiger partial charge in [-0.25, -0.2) is 0 Å². The van der Waals surface area contributed by atoms with Crippen molar-refractivity contribution in [3.63, 3.8) is 0 Å². The van der Waals surface area contributed by atoms with Crippen LogP contribution in [0.1, 0.15) is 12.8 Å². The molecule has 0 saturated heterocycles. The molecule has 0 atom stereocenters. The fraction of sp³-hybridized carbons (Fsp3) is 0.500. The normalized spacial score (nSPS) is 7.14. The van der Waals surface area contributed by atoms with E-state index >= 15 is 0 Å². The summed E-state index contributed by atoms with van der Waals surface area (Å²) in [4.78, 5) is 0. The summed E-state index contributed by atoms with van der Waals surface area (Å²) in [6, 6.07) is 0. The molecule has 0 aromatic heterocycles. The first-order valence-corrected chi connectivity index (χ1v) is 2.76. The van der Waals surface area contributed by atoms with Gasteiger partial charge in [0.2, 0.25) is 0 Å². The van der Waals surface area contributed by atoms with Crippen molar-refractivity contribution < 1.29 is 0 Å². The molecule has 0 amide bonds. The molecule has 0 rings (SSSR count). The minimum atomic E-state index is 0.632. The molecule has 39 valence electrons. The molecule has 0 aliphatic heterocycles. The Morgan fingerprint density at radius 3 is 2.57 bits per heavy atom. The molecular weight excluding hydrogens is 108 g/mol. The van der Waals surface area contributed by atoms with Gasteiger partial charge in [0.05, 0.1) is 0 Å². The van der Waals surface area contributed by atoms with Crippen molar-refractivity contribution in [2.24, 2.45) is 0 Å². The first-order chi connectivity index (χ1) is 3.41. The van der Waals surface area contributed by atoms with Crippen LogP contribution in [0.2, 0.25) is 0 Å². The molecular formula is C6H8Cl. The van der Waals surface area contributed by atoms with Crippen LogP contribution in [-0.4, -0.2) is 5.88 Å². The lowest BCUT2D eigenvalue weighted by Gasteiger charge is -1.72. The second kappa shape index (κ2) is 5.85. The molecule has 0 spiro atoms. The lowest BCUT2D eigenvalue weighted by molar-refractivity contribution is 1.28. The van der Waals surface area contributed by atoms with Crippen molar-refractivity contribution in [3.8, 4) is 11.8 Å². The zero-order valence-electron chi connectivity index (χ0n) is 4.21. The average molecular weight is 116 g/mol. The SMILES string of the molecule is [CH2]CC#CCCCl. The molecule has 0 unspecified atom stereocenters. The number of alkyl halides is 1. The summed E-state index contributed by atoms with van der Waals surface area (Å²) in [7, 11) is 0. The van der Waals surface area contributed by atoms with E-state index in [1.807, 2.05) is 0 Å². The summed E-state index contributed by atoms with van der Waals surface area (Å²) in [6.07, 6.45) is 1.48. The molecule has 0 aromatic rings. The third-order valence-electron chi connectivity index (χ3n) is 0.469. The average Bonchev–Trinajstić information content (AvgIpc) is 1.69. The molecule has 1 radical (unpaired) electrons. The summed E-state index contributed by atoms with van der Waals surface area (Å²) >= 11 is 5.31. The molecule has 0 saturated carbocycles. The largest absolute Gasteiger partial charge is 0.126 e. The van der Waals surface area contributed by atoms with Gasteiger partial charge in [-0.2, -0.15) is 0 Å². The van der Waals surface area contributed by atoms with Crippen molar-refractivity contribution in [2.45, 2.75) is 12.8 Å². The summed E-state index contributed by atoms with van der Waals surface area (Å²) in [5.41, 5.74) is 0. The Balaban J connectivity index is 2.91. The van der Waals surface area contributed by atoms with Crippen molar-refractivity contribution >= 4 is 11.6 Å². The summed E-state index contributed by atoms with van der Waals surface area (Å²) in [6.45, 7) is 3.54. The highest BCUT2D eigenvalue weighted by atomic mass is 35.5. The Kier molecular flexibility index (Phi) is 5.72. The molecule has 0 bridgehead atoms. The van der Waals surface area contributed by atoms with Crippen LogP contribution in [0.4, 0.5) is 0 Å². The van der Waals surface area contributed by atoms with Crippen LogP contribution in [0.3, 0.4) is 0 Å². The van der Waals surface area contributed by atoms with E-state index in [1.165, 1.54) is 0 Å². The van der Waals surface area contributed by atoms with Gasteiger partial charge < -0.3 is 0 Å². The van der Waals surface area contributed by atoms with Crippen LogP contribution in [0.25, 0.3) is 0 Å². The third kappa shape index (κ3) is 5.85. The van der Waals surface area contributed by atoms with Gasteiger partial charge in [-0.05, 0) is 6.92 Å². The molecule has 0 fully saturated rings. The van der Waals surface area contributed by atoms with Crippen LogP contribution in [0.5, 0.6) is 0 Å². The molecule has 1 heteroatoms. The number of halogens is 1. The van der Waals surface area contributed by atoms with E-state index in [0.29, 0.717) is 12.3 Å². The highest BCUT2D eigenvalue weighted by Crippen LogP contribution is 1.79. The van der Waals surface area contributed by atoms with Gasteiger partial charge in [0.25, 0.3) is 0 Å². The Labute approximate surface area is 49.9 Å². The summed E-state index contributed by atoms with van der Waals surface area (Å²) in [5.74, 6) is 6.28. The van der Waals surface area contributed by atoms with Gasteiger partial charge >= 0.3 is 0 Å². The van der Waals surface area contributed by atoms with Crippen LogP contribution >= 0.6 is 11.6 Å². The molecule has 0 heterocycles. The highest BCUT2D eigenvalue weighted by Gasteiger charge is 1.67. The zero-order chi connectivity index (χ0) is 5.54. The Hall–Kier alpha value is -0.150. The smallest absolute Gasteiger partial charge is 0.0333 e. The lowest BCUT2D eigenvalue weighted by atomic mass is 10.4. The van der Waals surface area contributed by atoms with Crippen LogP contribution < -0.4 is 0 Å². The Morgan fingerprint density at radius 1 is 1.43 bits per heavy atom. The van der Waals surface area contributed by atoms with Gasteiger partial charge in [-0.1, -0.05) is 0 Å². The first kappa shape index (κ1) is 6.85. The van der Waals surface area contributed by atoms with Crippen molar-refractivity contribution in [2.75, 3.05) is 5.88 Å². The van der Waals surface area contributed by atoms with E-state index in [0.717, 1.165) is 6.42 Å². The maximum absolute atomic E-state index is 5.31. The first-order valence-electron chi connectivity index (χ1n) is 2.22. The molecule has 0 aliphatic carbocycles. The standard InChI is InChI=1S/C6H8Cl/c1-2-3-4-5-6-7/h1-2,5-6H2. The van der Waals surface area contributed by atoms with Gasteiger partial charge in [-0.15, -0.1) is 23.4 Å². The van der Waals surface area contributed by atoms with E-state index in [1.54, 1.807) is 0 Å². The summed E-state index contributed by atoms with van der Waals surface area (Å²) in [5, 5.41) is 0. The molecule has 0 aromatic carbocycles. The second-order valence-electron chi connectivity index (χ2n) is 1.04. The molecule has 0 aliphatic rings. The number of hydrogen-bond acceptors (Lipinski definition) is 0. The summed E-state index contributed by atoms with van der Waals surface area (Å²) < 4.78 is 0. The van der Waals surface area contributed by atoms with E-state index in [-0.39, 0.29) is 0 Å². The topological polar surface area (TPSA) is 0 Å². The molecule has 7 heavy (non-hydrogen) atoms. The van der Waals surface area contributed by atoms with E-state index in [9.17, 15) is 0 Å². The fourth-order valence-electron chi connectivity index (χ4n) is 0.224. The van der Waals surface area contributed by atoms with Crippen molar-refractivity contribution in [1.29, 1.82) is 0 Å². The van der Waals surface area contributed by atoms with E-state index in [2.05, 4.69) is 18.8 Å². The van der Waals surface area contributed by atoms with Gasteiger partial charge in [0, 0.05) is 18.7 Å². The Bertz CT molecular complexity index is 75.9. The minimum Gasteiger partial charge on any atom is -0.126 e. The van der Waals surface area contributed by atoms with Crippen LogP contribution in [0.15, 0.2) is 0 Å². The maximum atomic E-state index is 5.31. The van der Waals surface area contributed by atoms with Crippen LogP contribution in [0, 0.1) is 18.8 Å². The van der Waals surface area contributed by atoms with Gasteiger partial charge in [0.15, 0.2) is 0 Å². The monoisotopic (exact) mass is 115 g/mol. The van der Waals surface area contributed by atoms with Crippen molar-refractivity contribution in [1.82, 2.24) is 0 Å². The van der Waals surface area contributed by atoms with Gasteiger partial charge in [-0.3, -0.25) is 0 Å². The second-order valence-corrected chi connectivity index (χ2v) is 1.42. The minimum absolute atomic E-state index is 0.632. The third-order valence-corrected chi connectivity index (χ3v) is 0.658. The van der Waals surface area contributed by atoms with Crippen LogP contribution in [-0.2, 0) is 0 Å².